The fraction of sp³-hybridized carbons (Fsp3) is 1.00. The zero-order valence-electron chi connectivity index (χ0n) is 5.35. The van der Waals surface area contributed by atoms with Crippen LogP contribution < -0.4 is 8.81 Å². The van der Waals surface area contributed by atoms with Gasteiger partial charge in [-0.2, -0.15) is 0 Å². The van der Waals surface area contributed by atoms with Gasteiger partial charge >= 0.3 is 66.9 Å². The van der Waals surface area contributed by atoms with Gasteiger partial charge in [0.25, 0.3) is 0 Å². The molecule has 45 valence electrons. The van der Waals surface area contributed by atoms with Gasteiger partial charge in [-0.1, -0.05) is 0 Å². The molecule has 0 radical (unpaired) electrons. The molecular weight excluding hydrogens is 291 g/mol. The van der Waals surface area contributed by atoms with Gasteiger partial charge < -0.3 is 0 Å². The van der Waals surface area contributed by atoms with Crippen molar-refractivity contribution in [2.75, 3.05) is 26.8 Å². The summed E-state index contributed by atoms with van der Waals surface area (Å²) in [5.74, 6) is 0. The van der Waals surface area contributed by atoms with Gasteiger partial charge in [0.15, 0.2) is 0 Å². The van der Waals surface area contributed by atoms with Crippen LogP contribution in [-0.4, -0.2) is 31.7 Å². The zero-order chi connectivity index (χ0) is 6.41. The minimum atomic E-state index is 0.717. The summed E-state index contributed by atoms with van der Waals surface area (Å²) in [7, 11) is 2.06. The molecule has 4 heteroatoms. The zero-order valence-corrected chi connectivity index (χ0v) is 10.9. The molecule has 3 nitrogen and oxygen atoms in total. The molecule has 0 unspecified atom stereocenters. The van der Waals surface area contributed by atoms with Gasteiger partial charge in [0.2, 0.25) is 0 Å². The van der Waals surface area contributed by atoms with Crippen LogP contribution >= 0.6 is 0 Å². The average Bonchev–Trinajstić information content (AvgIpc) is 1.68. The molecule has 0 atom stereocenters. The van der Waals surface area contributed by atoms with Crippen molar-refractivity contribution < 1.29 is 26.4 Å². The summed E-state index contributed by atoms with van der Waals surface area (Å²) < 4.78 is 3.22. The van der Waals surface area contributed by atoms with Gasteiger partial charge in [0, 0.05) is 0 Å². The number of nitrogens with zero attached hydrogens (tertiary/aromatic N) is 1. The Balaban J connectivity index is 2.92. The Morgan fingerprint density at radius 1 is 1.75 bits per heavy atom. The van der Waals surface area contributed by atoms with Crippen molar-refractivity contribution in [2.24, 2.45) is 5.73 Å². The summed E-state index contributed by atoms with van der Waals surface area (Å²) in [4.78, 5) is 2.17. The van der Waals surface area contributed by atoms with Crippen LogP contribution in [0, 0.1) is 0 Å². The second-order valence-electron chi connectivity index (χ2n) is 1.78. The first kappa shape index (κ1) is 8.82. The maximum atomic E-state index is 5.31. The standard InChI is InChI=1S/C4H12N3.Hg/c1-7(4-6)3-2-5;/h6H,2-5H2,1H3;/q-1;+1. The van der Waals surface area contributed by atoms with E-state index in [0.717, 1.165) is 19.8 Å². The van der Waals surface area contributed by atoms with Crippen LogP contribution in [0.2, 0.25) is 0 Å². The van der Waals surface area contributed by atoms with E-state index in [-0.39, 0.29) is 0 Å². The molecule has 0 saturated heterocycles. The van der Waals surface area contributed by atoms with Crippen molar-refractivity contribution in [1.29, 1.82) is 0 Å². The molecule has 0 bridgehead atoms. The van der Waals surface area contributed by atoms with E-state index < -0.39 is 0 Å². The Kier molecular flexibility index (Phi) is 6.55. The van der Waals surface area contributed by atoms with Gasteiger partial charge in [-0.3, -0.25) is 0 Å². The molecule has 0 aliphatic heterocycles. The van der Waals surface area contributed by atoms with Gasteiger partial charge in [0.05, 0.1) is 0 Å². The van der Waals surface area contributed by atoms with Crippen LogP contribution in [0.4, 0.5) is 0 Å². The molecule has 0 amide bonds. The van der Waals surface area contributed by atoms with Crippen LogP contribution in [0.3, 0.4) is 0 Å². The Bertz CT molecular complexity index is 44.5. The molecule has 8 heavy (non-hydrogen) atoms. The third-order valence-corrected chi connectivity index (χ3v) is 1.76. The number of nitrogens with one attached hydrogen (secondary N) is 1. The fourth-order valence-electron chi connectivity index (χ4n) is 0.490. The molecule has 0 aromatic heterocycles. The van der Waals surface area contributed by atoms with E-state index in [2.05, 4.69) is 15.0 Å². The van der Waals surface area contributed by atoms with Crippen molar-refractivity contribution in [3.05, 3.63) is 0 Å². The molecule has 0 aliphatic carbocycles. The SMILES string of the molecule is CN(CCN)C[NH][Hg]. The van der Waals surface area contributed by atoms with E-state index in [4.69, 9.17) is 5.73 Å². The number of likely N-dealkylation sites (N-methyl/N-ethyl adjacent to an activating group) is 1. The molecule has 0 aliphatic rings. The molecule has 0 heterocycles. The van der Waals surface area contributed by atoms with Crippen LogP contribution in [0.1, 0.15) is 0 Å². The minimum absolute atomic E-state index is 0.717. The second-order valence-corrected chi connectivity index (χ2v) is 3.72. The Labute approximate surface area is 67.0 Å². The van der Waals surface area contributed by atoms with E-state index in [1.807, 2.05) is 0 Å². The van der Waals surface area contributed by atoms with Crippen molar-refractivity contribution in [1.82, 2.24) is 7.98 Å². The maximum absolute atomic E-state index is 5.31. The van der Waals surface area contributed by atoms with Crippen molar-refractivity contribution in [3.63, 3.8) is 0 Å². The molecule has 0 saturated carbocycles. The number of hydrogen-bond acceptors (Lipinski definition) is 3. The van der Waals surface area contributed by atoms with Gasteiger partial charge in [-0.25, -0.2) is 0 Å². The number of nitrogens with two attached hydrogens (primary N) is 1. The molecule has 0 aromatic carbocycles. The molecule has 0 spiro atoms. The summed E-state index contributed by atoms with van der Waals surface area (Å²) in [5, 5.41) is 0. The summed E-state index contributed by atoms with van der Waals surface area (Å²) in [6, 6.07) is 0. The van der Waals surface area contributed by atoms with Gasteiger partial charge in [-0.05, 0) is 0 Å². The molecule has 0 fully saturated rings. The van der Waals surface area contributed by atoms with Crippen LogP contribution in [-0.2, 0) is 26.4 Å². The van der Waals surface area contributed by atoms with E-state index in [9.17, 15) is 0 Å². The van der Waals surface area contributed by atoms with E-state index >= 15 is 0 Å². The quantitative estimate of drug-likeness (QED) is 0.511. The first-order valence-corrected chi connectivity index (χ1v) is 5.44. The summed E-state index contributed by atoms with van der Waals surface area (Å²) >= 11 is 0.717. The van der Waals surface area contributed by atoms with Gasteiger partial charge in [-0.15, -0.1) is 0 Å². The first-order valence-electron chi connectivity index (χ1n) is 2.70. The second kappa shape index (κ2) is 5.94. The molecular formula is C4H12HgN3. The molecule has 3 N–H and O–H groups in total. The third kappa shape index (κ3) is 4.96. The Hall–Kier alpha value is 0.815. The Morgan fingerprint density at radius 3 is 2.75 bits per heavy atom. The van der Waals surface area contributed by atoms with Crippen LogP contribution in [0.15, 0.2) is 0 Å². The Morgan fingerprint density at radius 2 is 2.38 bits per heavy atom. The summed E-state index contributed by atoms with van der Waals surface area (Å²) in [5.41, 5.74) is 5.31. The van der Waals surface area contributed by atoms with E-state index in [1.54, 1.807) is 0 Å². The predicted octanol–water partition coefficient (Wildman–Crippen LogP) is -1.11. The van der Waals surface area contributed by atoms with Crippen molar-refractivity contribution in [2.45, 2.75) is 0 Å². The van der Waals surface area contributed by atoms with Gasteiger partial charge in [0.1, 0.15) is 0 Å². The van der Waals surface area contributed by atoms with E-state index in [1.165, 1.54) is 0 Å². The monoisotopic (exact) mass is 304 g/mol. The summed E-state index contributed by atoms with van der Waals surface area (Å²) in [6.07, 6.45) is 0. The normalized spacial score (nSPS) is 10.6. The predicted molar refractivity (Wildman–Crippen MR) is 29.7 cm³/mol. The number of hydrogen-bond donors (Lipinski definition) is 2. The third-order valence-electron chi connectivity index (χ3n) is 0.893. The van der Waals surface area contributed by atoms with Crippen molar-refractivity contribution in [3.8, 4) is 0 Å². The number of rotatable bonds is 4. The van der Waals surface area contributed by atoms with Crippen molar-refractivity contribution >= 4 is 0 Å². The first-order chi connectivity index (χ1) is 3.81. The molecule has 0 aromatic rings. The summed E-state index contributed by atoms with van der Waals surface area (Å²) in [6.45, 7) is 2.75. The van der Waals surface area contributed by atoms with E-state index in [0.29, 0.717) is 26.4 Å². The molecule has 0 rings (SSSR count). The van der Waals surface area contributed by atoms with Crippen LogP contribution in [0.5, 0.6) is 0 Å². The average molecular weight is 303 g/mol. The fourth-order valence-corrected chi connectivity index (χ4v) is 1.97. The topological polar surface area (TPSA) is 41.3 Å². The van der Waals surface area contributed by atoms with Crippen LogP contribution in [0.25, 0.3) is 0 Å².